The van der Waals surface area contributed by atoms with Gasteiger partial charge in [-0.2, -0.15) is 0 Å². The van der Waals surface area contributed by atoms with Gasteiger partial charge in [-0.15, -0.1) is 0 Å². The standard InChI is InChI=1S/C18H23NO3/c1-12-4-2-3-5-16(12)15-8-9-19(11-15)17(20)13-6-7-14(10-13)18(21)22/h2-5,13-15H,6-11H2,1H3,(H,21,22)/t13-,14+,15?/m1/s1. The van der Waals surface area contributed by atoms with Crippen molar-refractivity contribution in [2.45, 2.75) is 38.5 Å². The van der Waals surface area contributed by atoms with E-state index in [4.69, 9.17) is 5.11 Å². The molecule has 0 radical (unpaired) electrons. The Bertz CT molecular complexity index is 583. The van der Waals surface area contributed by atoms with Crippen LogP contribution < -0.4 is 0 Å². The van der Waals surface area contributed by atoms with Crippen molar-refractivity contribution >= 4 is 11.9 Å². The normalized spacial score (nSPS) is 28.0. The summed E-state index contributed by atoms with van der Waals surface area (Å²) in [6, 6.07) is 8.38. The van der Waals surface area contributed by atoms with Gasteiger partial charge in [0.05, 0.1) is 5.92 Å². The molecular weight excluding hydrogens is 278 g/mol. The molecule has 1 amide bonds. The van der Waals surface area contributed by atoms with Gasteiger partial charge in [0.15, 0.2) is 0 Å². The molecule has 0 spiro atoms. The molecule has 1 N–H and O–H groups in total. The van der Waals surface area contributed by atoms with Crippen molar-refractivity contribution in [3.05, 3.63) is 35.4 Å². The summed E-state index contributed by atoms with van der Waals surface area (Å²) in [7, 11) is 0. The highest BCUT2D eigenvalue weighted by Gasteiger charge is 2.38. The van der Waals surface area contributed by atoms with Crippen LogP contribution in [0.3, 0.4) is 0 Å². The zero-order valence-electron chi connectivity index (χ0n) is 13.0. The highest BCUT2D eigenvalue weighted by molar-refractivity contribution is 5.81. The first-order valence-corrected chi connectivity index (χ1v) is 8.13. The number of carboxylic acids is 1. The van der Waals surface area contributed by atoms with E-state index in [9.17, 15) is 9.59 Å². The molecule has 3 rings (SSSR count). The molecule has 0 bridgehead atoms. The molecule has 3 atom stereocenters. The summed E-state index contributed by atoms with van der Waals surface area (Å²) in [6.07, 6.45) is 2.88. The maximum Gasteiger partial charge on any atom is 0.306 e. The van der Waals surface area contributed by atoms with Gasteiger partial charge in [-0.25, -0.2) is 0 Å². The van der Waals surface area contributed by atoms with Gasteiger partial charge in [-0.05, 0) is 43.7 Å². The number of carbonyl (C=O) groups excluding carboxylic acids is 1. The minimum atomic E-state index is -0.755. The number of benzene rings is 1. The van der Waals surface area contributed by atoms with Crippen molar-refractivity contribution in [3.63, 3.8) is 0 Å². The molecule has 1 aliphatic heterocycles. The van der Waals surface area contributed by atoms with E-state index in [2.05, 4.69) is 25.1 Å². The lowest BCUT2D eigenvalue weighted by Gasteiger charge is -2.21. The van der Waals surface area contributed by atoms with Crippen LogP contribution in [0, 0.1) is 18.8 Å². The highest BCUT2D eigenvalue weighted by atomic mass is 16.4. The number of amides is 1. The fourth-order valence-electron chi connectivity index (χ4n) is 3.95. The number of hydrogen-bond acceptors (Lipinski definition) is 2. The first-order chi connectivity index (χ1) is 10.6. The predicted molar refractivity (Wildman–Crippen MR) is 83.6 cm³/mol. The number of aliphatic carboxylic acids is 1. The summed E-state index contributed by atoms with van der Waals surface area (Å²) in [5, 5.41) is 9.07. The number of nitrogens with zero attached hydrogens (tertiary/aromatic N) is 1. The Labute approximate surface area is 131 Å². The molecule has 4 heteroatoms. The number of carboxylic acid groups (broad SMARTS) is 1. The molecule has 4 nitrogen and oxygen atoms in total. The zero-order valence-corrected chi connectivity index (χ0v) is 13.0. The number of likely N-dealkylation sites (tertiary alicyclic amines) is 1. The molecule has 2 aliphatic rings. The van der Waals surface area contributed by atoms with Crippen LogP contribution in [0.4, 0.5) is 0 Å². The molecule has 118 valence electrons. The lowest BCUT2D eigenvalue weighted by Crippen LogP contribution is -2.33. The van der Waals surface area contributed by atoms with Crippen LogP contribution in [0.15, 0.2) is 24.3 Å². The Morgan fingerprint density at radius 2 is 1.86 bits per heavy atom. The maximum absolute atomic E-state index is 12.6. The van der Waals surface area contributed by atoms with Crippen LogP contribution in [-0.4, -0.2) is 35.0 Å². The van der Waals surface area contributed by atoms with E-state index in [-0.39, 0.29) is 17.7 Å². The topological polar surface area (TPSA) is 57.6 Å². The monoisotopic (exact) mass is 301 g/mol. The van der Waals surface area contributed by atoms with Gasteiger partial charge in [0.25, 0.3) is 0 Å². The van der Waals surface area contributed by atoms with E-state index in [0.29, 0.717) is 18.8 Å². The third kappa shape index (κ3) is 2.87. The molecule has 1 saturated carbocycles. The average molecular weight is 301 g/mol. The van der Waals surface area contributed by atoms with Crippen LogP contribution in [0.1, 0.15) is 42.7 Å². The van der Waals surface area contributed by atoms with E-state index in [1.807, 2.05) is 11.0 Å². The minimum Gasteiger partial charge on any atom is -0.481 e. The van der Waals surface area contributed by atoms with Gasteiger partial charge in [0.1, 0.15) is 0 Å². The first kappa shape index (κ1) is 15.1. The van der Waals surface area contributed by atoms with E-state index in [1.165, 1.54) is 11.1 Å². The summed E-state index contributed by atoms with van der Waals surface area (Å²) in [5.74, 6) is -0.586. The largest absolute Gasteiger partial charge is 0.481 e. The second-order valence-corrected chi connectivity index (χ2v) is 6.67. The van der Waals surface area contributed by atoms with Gasteiger partial charge in [-0.3, -0.25) is 9.59 Å². The van der Waals surface area contributed by atoms with Crippen molar-refractivity contribution in [2.24, 2.45) is 11.8 Å². The Morgan fingerprint density at radius 3 is 2.55 bits per heavy atom. The Kier molecular flexibility index (Phi) is 4.19. The number of hydrogen-bond donors (Lipinski definition) is 1. The zero-order chi connectivity index (χ0) is 15.7. The fraction of sp³-hybridized carbons (Fsp3) is 0.556. The highest BCUT2D eigenvalue weighted by Crippen LogP contribution is 2.35. The lowest BCUT2D eigenvalue weighted by molar-refractivity contribution is -0.141. The van der Waals surface area contributed by atoms with E-state index >= 15 is 0 Å². The second kappa shape index (κ2) is 6.11. The average Bonchev–Trinajstić information content (AvgIpc) is 3.17. The first-order valence-electron chi connectivity index (χ1n) is 8.13. The lowest BCUT2D eigenvalue weighted by atomic mass is 9.94. The third-order valence-electron chi connectivity index (χ3n) is 5.26. The number of carbonyl (C=O) groups is 2. The van der Waals surface area contributed by atoms with Crippen LogP contribution in [0.5, 0.6) is 0 Å². The van der Waals surface area contributed by atoms with E-state index in [1.54, 1.807) is 0 Å². The Hall–Kier alpha value is -1.84. The maximum atomic E-state index is 12.6. The van der Waals surface area contributed by atoms with Crippen LogP contribution in [0.2, 0.25) is 0 Å². The van der Waals surface area contributed by atoms with E-state index < -0.39 is 5.97 Å². The molecule has 22 heavy (non-hydrogen) atoms. The van der Waals surface area contributed by atoms with Crippen molar-refractivity contribution in [1.29, 1.82) is 0 Å². The second-order valence-electron chi connectivity index (χ2n) is 6.67. The third-order valence-corrected chi connectivity index (χ3v) is 5.26. The summed E-state index contributed by atoms with van der Waals surface area (Å²) < 4.78 is 0. The smallest absolute Gasteiger partial charge is 0.306 e. The molecule has 1 unspecified atom stereocenters. The quantitative estimate of drug-likeness (QED) is 0.934. The predicted octanol–water partition coefficient (Wildman–Crippen LogP) is 2.81. The number of aryl methyl sites for hydroxylation is 1. The molecule has 1 heterocycles. The molecule has 1 saturated heterocycles. The summed E-state index contributed by atoms with van der Waals surface area (Å²) in [4.78, 5) is 25.6. The van der Waals surface area contributed by atoms with Gasteiger partial charge in [-0.1, -0.05) is 24.3 Å². The van der Waals surface area contributed by atoms with Crippen molar-refractivity contribution in [1.82, 2.24) is 4.90 Å². The van der Waals surface area contributed by atoms with Crippen LogP contribution in [0.25, 0.3) is 0 Å². The number of rotatable bonds is 3. The Balaban J connectivity index is 1.62. The summed E-state index contributed by atoms with van der Waals surface area (Å²) >= 11 is 0. The summed E-state index contributed by atoms with van der Waals surface area (Å²) in [6.45, 7) is 3.69. The van der Waals surface area contributed by atoms with Gasteiger partial charge < -0.3 is 10.0 Å². The molecule has 1 aromatic carbocycles. The van der Waals surface area contributed by atoms with Crippen molar-refractivity contribution in [2.75, 3.05) is 13.1 Å². The molecule has 0 aromatic heterocycles. The SMILES string of the molecule is Cc1ccccc1C1CCN(C(=O)[C@@H]2CC[C@H](C(=O)O)C2)C1. The van der Waals surface area contributed by atoms with Gasteiger partial charge >= 0.3 is 5.97 Å². The van der Waals surface area contributed by atoms with Crippen molar-refractivity contribution < 1.29 is 14.7 Å². The Morgan fingerprint density at radius 1 is 1.14 bits per heavy atom. The van der Waals surface area contributed by atoms with E-state index in [0.717, 1.165) is 25.9 Å². The summed E-state index contributed by atoms with van der Waals surface area (Å²) in [5.41, 5.74) is 2.63. The van der Waals surface area contributed by atoms with Crippen molar-refractivity contribution in [3.8, 4) is 0 Å². The molecule has 2 fully saturated rings. The van der Waals surface area contributed by atoms with Crippen LogP contribution >= 0.6 is 0 Å². The molecule has 1 aromatic rings. The molecular formula is C18H23NO3. The van der Waals surface area contributed by atoms with Gasteiger partial charge in [0, 0.05) is 24.9 Å². The fourth-order valence-corrected chi connectivity index (χ4v) is 3.95. The van der Waals surface area contributed by atoms with Crippen LogP contribution in [-0.2, 0) is 9.59 Å². The van der Waals surface area contributed by atoms with Gasteiger partial charge in [0.2, 0.25) is 5.91 Å². The molecule has 1 aliphatic carbocycles. The minimum absolute atomic E-state index is 0.0864.